The summed E-state index contributed by atoms with van der Waals surface area (Å²) in [6.07, 6.45) is 4.68. The summed E-state index contributed by atoms with van der Waals surface area (Å²) in [4.78, 5) is 25.5. The van der Waals surface area contributed by atoms with Gasteiger partial charge in [-0.05, 0) is 44.7 Å². The highest BCUT2D eigenvalue weighted by atomic mass is 32.1. The van der Waals surface area contributed by atoms with Crippen LogP contribution in [0.15, 0.2) is 0 Å². The number of nitrogens with zero attached hydrogens (tertiary/aromatic N) is 3. The van der Waals surface area contributed by atoms with E-state index in [0.29, 0.717) is 31.3 Å². The number of thiophene rings is 1. The molecule has 3 N–H and O–H groups in total. The third-order valence-electron chi connectivity index (χ3n) is 4.44. The number of fused-ring (bicyclic) bond motifs is 3. The van der Waals surface area contributed by atoms with E-state index in [1.807, 2.05) is 18.7 Å². The lowest BCUT2D eigenvalue weighted by Crippen LogP contribution is -2.37. The summed E-state index contributed by atoms with van der Waals surface area (Å²) >= 11 is 1.76. The zero-order valence-electron chi connectivity index (χ0n) is 14.4. The third-order valence-corrected chi connectivity index (χ3v) is 5.63. The lowest BCUT2D eigenvalue weighted by Gasteiger charge is -2.19. The van der Waals surface area contributed by atoms with Crippen molar-refractivity contribution >= 4 is 33.3 Å². The Morgan fingerprint density at radius 3 is 2.83 bits per heavy atom. The topological polar surface area (TPSA) is 84.1 Å². The van der Waals surface area contributed by atoms with Crippen LogP contribution in [0.2, 0.25) is 0 Å². The Labute approximate surface area is 146 Å². The van der Waals surface area contributed by atoms with Crippen molar-refractivity contribution in [1.82, 2.24) is 20.2 Å². The van der Waals surface area contributed by atoms with Crippen LogP contribution in [-0.2, 0) is 24.2 Å². The van der Waals surface area contributed by atoms with E-state index in [1.165, 1.54) is 23.3 Å². The lowest BCUT2D eigenvalue weighted by molar-refractivity contribution is -0.122. The maximum atomic E-state index is 11.8. The maximum Gasteiger partial charge on any atom is 0.234 e. The number of anilines is 1. The fourth-order valence-electron chi connectivity index (χ4n) is 3.24. The molecule has 130 valence electrons. The van der Waals surface area contributed by atoms with Crippen LogP contribution in [0.5, 0.6) is 0 Å². The molecule has 0 aromatic carbocycles. The second kappa shape index (κ2) is 7.44. The number of nitrogens with two attached hydrogens (primary N) is 1. The van der Waals surface area contributed by atoms with Crippen LogP contribution in [0.1, 0.15) is 43.0 Å². The first-order valence-electron chi connectivity index (χ1n) is 8.68. The molecular formula is C17H25N5OS. The number of hydrogen-bond acceptors (Lipinski definition) is 6. The van der Waals surface area contributed by atoms with Crippen molar-refractivity contribution in [3.8, 4) is 0 Å². The zero-order valence-corrected chi connectivity index (χ0v) is 15.2. The van der Waals surface area contributed by atoms with Gasteiger partial charge in [-0.15, -0.1) is 11.3 Å². The van der Waals surface area contributed by atoms with Crippen LogP contribution in [-0.4, -0.2) is 40.4 Å². The number of rotatable bonds is 6. The van der Waals surface area contributed by atoms with Crippen molar-refractivity contribution in [2.24, 2.45) is 0 Å². The molecule has 2 aromatic heterocycles. The normalized spacial score (nSPS) is 14.1. The highest BCUT2D eigenvalue weighted by Gasteiger charge is 2.20. The minimum Gasteiger partial charge on any atom is -0.383 e. The monoisotopic (exact) mass is 347 g/mol. The maximum absolute atomic E-state index is 11.8. The summed E-state index contributed by atoms with van der Waals surface area (Å²) in [6.45, 7) is 6.25. The zero-order chi connectivity index (χ0) is 17.1. The largest absolute Gasteiger partial charge is 0.383 e. The molecule has 0 saturated carbocycles. The number of hydrogen-bond donors (Lipinski definition) is 2. The quantitative estimate of drug-likeness (QED) is 0.836. The van der Waals surface area contributed by atoms with E-state index in [4.69, 9.17) is 10.7 Å². The van der Waals surface area contributed by atoms with Crippen molar-refractivity contribution in [2.45, 2.75) is 46.1 Å². The van der Waals surface area contributed by atoms with Gasteiger partial charge in [-0.1, -0.05) is 6.92 Å². The SMILES string of the molecule is CCNC(=O)CN(CC)Cc1nc(N)c2c3c(sc2n1)CCCC3. The average Bonchev–Trinajstić information content (AvgIpc) is 2.93. The number of nitrogen functional groups attached to an aromatic ring is 1. The van der Waals surface area contributed by atoms with Crippen molar-refractivity contribution in [3.63, 3.8) is 0 Å². The highest BCUT2D eigenvalue weighted by Crippen LogP contribution is 2.37. The van der Waals surface area contributed by atoms with Gasteiger partial charge in [0.1, 0.15) is 16.5 Å². The summed E-state index contributed by atoms with van der Waals surface area (Å²) in [7, 11) is 0. The van der Waals surface area contributed by atoms with E-state index in [9.17, 15) is 4.79 Å². The molecular weight excluding hydrogens is 322 g/mol. The summed E-state index contributed by atoms with van der Waals surface area (Å²) in [5.74, 6) is 1.31. The van der Waals surface area contributed by atoms with Crippen molar-refractivity contribution in [3.05, 3.63) is 16.3 Å². The van der Waals surface area contributed by atoms with Gasteiger partial charge >= 0.3 is 0 Å². The van der Waals surface area contributed by atoms with E-state index >= 15 is 0 Å². The molecule has 1 aliphatic carbocycles. The van der Waals surface area contributed by atoms with Crippen molar-refractivity contribution in [2.75, 3.05) is 25.4 Å². The van der Waals surface area contributed by atoms with Gasteiger partial charge in [0, 0.05) is 11.4 Å². The van der Waals surface area contributed by atoms with Crippen LogP contribution in [0.4, 0.5) is 5.82 Å². The molecule has 6 nitrogen and oxygen atoms in total. The smallest absolute Gasteiger partial charge is 0.234 e. The molecule has 1 aliphatic rings. The molecule has 24 heavy (non-hydrogen) atoms. The van der Waals surface area contributed by atoms with Gasteiger partial charge in [-0.25, -0.2) is 9.97 Å². The summed E-state index contributed by atoms with van der Waals surface area (Å²) in [5.41, 5.74) is 7.61. The standard InChI is InChI=1S/C17H25N5OS/c1-3-19-14(23)10-22(4-2)9-13-20-16(18)15-11-7-5-6-8-12(11)24-17(15)21-13/h3-10H2,1-2H3,(H,19,23)(H2,18,20,21). The predicted molar refractivity (Wildman–Crippen MR) is 98.1 cm³/mol. The second-order valence-corrected chi connectivity index (χ2v) is 7.26. The molecule has 0 bridgehead atoms. The summed E-state index contributed by atoms with van der Waals surface area (Å²) < 4.78 is 0. The second-order valence-electron chi connectivity index (χ2n) is 6.17. The van der Waals surface area contributed by atoms with Crippen LogP contribution in [0, 0.1) is 0 Å². The average molecular weight is 347 g/mol. The van der Waals surface area contributed by atoms with Gasteiger partial charge in [0.15, 0.2) is 0 Å². The highest BCUT2D eigenvalue weighted by molar-refractivity contribution is 7.19. The molecule has 0 unspecified atom stereocenters. The molecule has 3 rings (SSSR count). The third kappa shape index (κ3) is 3.52. The Bertz CT molecular complexity index is 742. The fourth-order valence-corrected chi connectivity index (χ4v) is 4.53. The Balaban J connectivity index is 1.83. The van der Waals surface area contributed by atoms with E-state index in [0.717, 1.165) is 29.6 Å². The first kappa shape index (κ1) is 17.1. The molecule has 0 fully saturated rings. The molecule has 0 atom stereocenters. The van der Waals surface area contributed by atoms with Crippen molar-refractivity contribution in [1.29, 1.82) is 0 Å². The molecule has 2 heterocycles. The van der Waals surface area contributed by atoms with Crippen LogP contribution in [0.3, 0.4) is 0 Å². The number of nitrogens with one attached hydrogen (secondary N) is 1. The predicted octanol–water partition coefficient (Wildman–Crippen LogP) is 2.11. The molecule has 7 heteroatoms. The van der Waals surface area contributed by atoms with E-state index in [-0.39, 0.29) is 5.91 Å². The van der Waals surface area contributed by atoms with Gasteiger partial charge in [0.25, 0.3) is 0 Å². The van der Waals surface area contributed by atoms with Gasteiger partial charge in [-0.3, -0.25) is 9.69 Å². The Kier molecular flexibility index (Phi) is 5.30. The van der Waals surface area contributed by atoms with E-state index < -0.39 is 0 Å². The minimum absolute atomic E-state index is 0.0278. The number of amides is 1. The van der Waals surface area contributed by atoms with E-state index in [1.54, 1.807) is 11.3 Å². The minimum atomic E-state index is 0.0278. The lowest BCUT2D eigenvalue weighted by atomic mass is 9.97. The van der Waals surface area contributed by atoms with Crippen molar-refractivity contribution < 1.29 is 4.79 Å². The molecule has 0 radical (unpaired) electrons. The number of carbonyl (C=O) groups is 1. The number of aryl methyl sites for hydroxylation is 2. The number of aromatic nitrogens is 2. The summed E-state index contributed by atoms with van der Waals surface area (Å²) in [6, 6.07) is 0. The first-order chi connectivity index (χ1) is 11.6. The van der Waals surface area contributed by atoms with Gasteiger partial charge < -0.3 is 11.1 Å². The number of likely N-dealkylation sites (N-methyl/N-ethyl adjacent to an activating group) is 2. The molecule has 2 aromatic rings. The molecule has 1 amide bonds. The molecule has 0 spiro atoms. The van der Waals surface area contributed by atoms with Crippen LogP contribution < -0.4 is 11.1 Å². The van der Waals surface area contributed by atoms with Gasteiger partial charge in [-0.2, -0.15) is 0 Å². The Morgan fingerprint density at radius 2 is 2.08 bits per heavy atom. The van der Waals surface area contributed by atoms with Gasteiger partial charge in [0.05, 0.1) is 18.5 Å². The fraction of sp³-hybridized carbons (Fsp3) is 0.588. The van der Waals surface area contributed by atoms with Crippen LogP contribution in [0.25, 0.3) is 10.2 Å². The number of carbonyl (C=O) groups excluding carboxylic acids is 1. The molecule has 0 saturated heterocycles. The first-order valence-corrected chi connectivity index (χ1v) is 9.49. The Morgan fingerprint density at radius 1 is 1.29 bits per heavy atom. The Hall–Kier alpha value is -1.73. The molecule has 0 aliphatic heterocycles. The van der Waals surface area contributed by atoms with E-state index in [2.05, 4.69) is 10.3 Å². The summed E-state index contributed by atoms with van der Waals surface area (Å²) in [5, 5.41) is 3.89. The van der Waals surface area contributed by atoms with Crippen LogP contribution >= 0.6 is 11.3 Å². The van der Waals surface area contributed by atoms with Gasteiger partial charge in [0.2, 0.25) is 5.91 Å².